The van der Waals surface area contributed by atoms with Gasteiger partial charge in [-0.1, -0.05) is 30.3 Å². The molecule has 154 valence electrons. The molecule has 2 unspecified atom stereocenters. The van der Waals surface area contributed by atoms with E-state index in [-0.39, 0.29) is 12.1 Å². The maximum atomic E-state index is 12.1. The van der Waals surface area contributed by atoms with Crippen molar-refractivity contribution in [2.45, 2.75) is 18.6 Å². The maximum absolute atomic E-state index is 12.1. The van der Waals surface area contributed by atoms with Gasteiger partial charge in [0.2, 0.25) is 0 Å². The molecular weight excluding hydrogens is 416 g/mol. The normalized spacial score (nSPS) is 21.7. The molecule has 30 heavy (non-hydrogen) atoms. The minimum Gasteiger partial charge on any atom is -0.478 e. The highest BCUT2D eigenvalue weighted by Crippen LogP contribution is 2.39. The van der Waals surface area contributed by atoms with Gasteiger partial charge in [0.15, 0.2) is 3.95 Å². The van der Waals surface area contributed by atoms with Gasteiger partial charge in [0.05, 0.1) is 21.8 Å². The van der Waals surface area contributed by atoms with Crippen LogP contribution in [0, 0.1) is 3.95 Å². The number of thiazole rings is 1. The number of anilines is 1. The number of rotatable bonds is 4. The molecule has 0 aliphatic carbocycles. The summed E-state index contributed by atoms with van der Waals surface area (Å²) in [6.07, 6.45) is 1.64. The molecule has 2 aliphatic heterocycles. The molecule has 1 saturated heterocycles. The smallest absolute Gasteiger partial charge is 0.335 e. The maximum Gasteiger partial charge on any atom is 0.335 e. The average Bonchev–Trinajstić information content (AvgIpc) is 3.08. The van der Waals surface area contributed by atoms with Crippen molar-refractivity contribution in [3.63, 3.8) is 0 Å². The van der Waals surface area contributed by atoms with Gasteiger partial charge in [-0.05, 0) is 36.0 Å². The molecule has 3 heterocycles. The molecule has 0 amide bonds. The number of aliphatic carboxylic acids is 1. The van der Waals surface area contributed by atoms with Gasteiger partial charge in [0.1, 0.15) is 0 Å². The Hall–Kier alpha value is -2.52. The Kier molecular flexibility index (Phi) is 5.16. The van der Waals surface area contributed by atoms with E-state index in [0.29, 0.717) is 5.57 Å². The number of benzene rings is 2. The molecule has 0 spiro atoms. The van der Waals surface area contributed by atoms with Crippen LogP contribution in [0.25, 0.3) is 10.2 Å². The predicted octanol–water partition coefficient (Wildman–Crippen LogP) is 3.84. The van der Waals surface area contributed by atoms with Crippen LogP contribution in [-0.2, 0) is 11.3 Å². The zero-order valence-electron chi connectivity index (χ0n) is 16.2. The molecule has 8 heteroatoms. The van der Waals surface area contributed by atoms with Crippen molar-refractivity contribution >= 4 is 45.4 Å². The lowest BCUT2D eigenvalue weighted by Gasteiger charge is -2.43. The zero-order valence-corrected chi connectivity index (χ0v) is 17.9. The summed E-state index contributed by atoms with van der Waals surface area (Å²) in [5, 5.41) is 16.6. The Labute approximate surface area is 183 Å². The van der Waals surface area contributed by atoms with Gasteiger partial charge in [-0.3, -0.25) is 4.90 Å². The molecule has 0 radical (unpaired) electrons. The van der Waals surface area contributed by atoms with Gasteiger partial charge >= 0.3 is 5.97 Å². The first kappa shape index (κ1) is 19.4. The third kappa shape index (κ3) is 3.35. The van der Waals surface area contributed by atoms with Crippen molar-refractivity contribution in [1.29, 1.82) is 0 Å². The fraction of sp³-hybridized carbons (Fsp3) is 0.273. The second kappa shape index (κ2) is 7.96. The van der Waals surface area contributed by atoms with Gasteiger partial charge in [0.25, 0.3) is 0 Å². The van der Waals surface area contributed by atoms with E-state index in [4.69, 9.17) is 12.2 Å². The van der Waals surface area contributed by atoms with Gasteiger partial charge < -0.3 is 20.3 Å². The minimum atomic E-state index is -0.892. The number of carboxylic acids is 1. The van der Waals surface area contributed by atoms with E-state index in [1.165, 1.54) is 4.70 Å². The molecule has 2 aromatic carbocycles. The number of piperazine rings is 1. The zero-order chi connectivity index (χ0) is 20.7. The van der Waals surface area contributed by atoms with Gasteiger partial charge in [0, 0.05) is 44.1 Å². The van der Waals surface area contributed by atoms with Crippen LogP contribution >= 0.6 is 23.6 Å². The van der Waals surface area contributed by atoms with Gasteiger partial charge in [-0.15, -0.1) is 11.3 Å². The van der Waals surface area contributed by atoms with Crippen molar-refractivity contribution in [2.75, 3.05) is 25.0 Å². The first-order valence-electron chi connectivity index (χ1n) is 9.97. The van der Waals surface area contributed by atoms with E-state index in [0.717, 1.165) is 46.9 Å². The van der Waals surface area contributed by atoms with Crippen molar-refractivity contribution in [3.05, 3.63) is 69.8 Å². The Morgan fingerprint density at radius 1 is 1.20 bits per heavy atom. The number of fused-ring (bicyclic) bond motifs is 2. The van der Waals surface area contributed by atoms with Crippen molar-refractivity contribution in [3.8, 4) is 0 Å². The lowest BCUT2D eigenvalue weighted by molar-refractivity contribution is -0.133. The Morgan fingerprint density at radius 2 is 2.00 bits per heavy atom. The summed E-state index contributed by atoms with van der Waals surface area (Å²) in [6.45, 7) is 3.09. The summed E-state index contributed by atoms with van der Waals surface area (Å²) in [4.78, 5) is 14.4. The summed E-state index contributed by atoms with van der Waals surface area (Å²) >= 11 is 7.29. The summed E-state index contributed by atoms with van der Waals surface area (Å²) in [5.74, 6) is -0.892. The summed E-state index contributed by atoms with van der Waals surface area (Å²) in [6, 6.07) is 16.0. The molecular formula is C22H22N4O2S2. The number of carbonyl (C=O) groups is 1. The fourth-order valence-electron chi connectivity index (χ4n) is 4.49. The summed E-state index contributed by atoms with van der Waals surface area (Å²) in [5.41, 5.74) is 3.47. The van der Waals surface area contributed by atoms with Crippen LogP contribution in [0.2, 0.25) is 0 Å². The molecule has 0 bridgehead atoms. The SMILES string of the molecule is O=C(O)C1=CNc2ccccc2C1N1CCNCC1Cn1c(=S)sc2ccccc21. The molecule has 2 atom stereocenters. The number of carboxylic acid groups (broad SMARTS) is 1. The summed E-state index contributed by atoms with van der Waals surface area (Å²) in [7, 11) is 0. The second-order valence-electron chi connectivity index (χ2n) is 7.58. The van der Waals surface area contributed by atoms with E-state index in [1.807, 2.05) is 36.4 Å². The number of hydrogen-bond acceptors (Lipinski definition) is 6. The predicted molar refractivity (Wildman–Crippen MR) is 123 cm³/mol. The lowest BCUT2D eigenvalue weighted by Crippen LogP contribution is -2.55. The van der Waals surface area contributed by atoms with Crippen LogP contribution in [0.5, 0.6) is 0 Å². The van der Waals surface area contributed by atoms with Crippen LogP contribution < -0.4 is 10.6 Å². The highest BCUT2D eigenvalue weighted by atomic mass is 32.1. The Balaban J connectivity index is 1.55. The molecule has 1 fully saturated rings. The quantitative estimate of drug-likeness (QED) is 0.538. The van der Waals surface area contributed by atoms with Gasteiger partial charge in [-0.2, -0.15) is 0 Å². The fourth-order valence-corrected chi connectivity index (χ4v) is 5.83. The van der Waals surface area contributed by atoms with Crippen LogP contribution in [0.3, 0.4) is 0 Å². The van der Waals surface area contributed by atoms with E-state index in [1.54, 1.807) is 17.5 Å². The molecule has 5 rings (SSSR count). The van der Waals surface area contributed by atoms with E-state index in [9.17, 15) is 9.90 Å². The van der Waals surface area contributed by atoms with E-state index < -0.39 is 5.97 Å². The number of aromatic nitrogens is 1. The molecule has 1 aromatic heterocycles. The highest BCUT2D eigenvalue weighted by Gasteiger charge is 2.37. The Bertz CT molecular complexity index is 1200. The standard InChI is InChI=1S/C22H22N4O2S2/c27-21(28)16-12-24-17-6-2-1-5-15(17)20(16)25-10-9-23-11-14(25)13-26-18-7-3-4-8-19(18)30-22(26)29/h1-8,12,14,20,23-24H,9-11,13H2,(H,27,28). The number of nitrogens with zero attached hydrogens (tertiary/aromatic N) is 2. The van der Waals surface area contributed by atoms with Crippen LogP contribution in [0.15, 0.2) is 60.3 Å². The Morgan fingerprint density at radius 3 is 2.87 bits per heavy atom. The monoisotopic (exact) mass is 438 g/mol. The number of hydrogen-bond donors (Lipinski definition) is 3. The van der Waals surface area contributed by atoms with E-state index in [2.05, 4.69) is 32.2 Å². The first-order valence-corrected chi connectivity index (χ1v) is 11.2. The number of nitrogens with one attached hydrogen (secondary N) is 2. The first-order chi connectivity index (χ1) is 14.6. The third-order valence-corrected chi connectivity index (χ3v) is 7.31. The van der Waals surface area contributed by atoms with Crippen molar-refractivity contribution in [1.82, 2.24) is 14.8 Å². The highest BCUT2D eigenvalue weighted by molar-refractivity contribution is 7.73. The summed E-state index contributed by atoms with van der Waals surface area (Å²) < 4.78 is 4.22. The topological polar surface area (TPSA) is 69.5 Å². The molecule has 3 N–H and O–H groups in total. The van der Waals surface area contributed by atoms with Crippen molar-refractivity contribution in [2.24, 2.45) is 0 Å². The van der Waals surface area contributed by atoms with Crippen LogP contribution in [0.4, 0.5) is 5.69 Å². The molecule has 0 saturated carbocycles. The minimum absolute atomic E-state index is 0.113. The van der Waals surface area contributed by atoms with E-state index >= 15 is 0 Å². The van der Waals surface area contributed by atoms with Crippen LogP contribution in [0.1, 0.15) is 11.6 Å². The second-order valence-corrected chi connectivity index (χ2v) is 9.26. The third-order valence-electron chi connectivity index (χ3n) is 5.87. The lowest BCUT2D eigenvalue weighted by atomic mass is 9.91. The molecule has 2 aliphatic rings. The molecule has 6 nitrogen and oxygen atoms in total. The molecule has 3 aromatic rings. The average molecular weight is 439 g/mol. The number of para-hydroxylation sites is 2. The largest absolute Gasteiger partial charge is 0.478 e. The van der Waals surface area contributed by atoms with Crippen LogP contribution in [-0.4, -0.2) is 46.2 Å². The van der Waals surface area contributed by atoms with Gasteiger partial charge in [-0.25, -0.2) is 4.79 Å². The van der Waals surface area contributed by atoms with Crippen molar-refractivity contribution < 1.29 is 9.90 Å².